The van der Waals surface area contributed by atoms with Gasteiger partial charge < -0.3 is 10.6 Å². The Morgan fingerprint density at radius 1 is 1.55 bits per heavy atom. The molecule has 20 heavy (non-hydrogen) atoms. The molecule has 110 valence electrons. The SMILES string of the molecule is CNC(=O)C1CNCCN1S(=O)(=O)c1cncc(Br)c1. The molecule has 1 aromatic rings. The fourth-order valence-electron chi connectivity index (χ4n) is 2.03. The summed E-state index contributed by atoms with van der Waals surface area (Å²) in [5, 5.41) is 5.51. The van der Waals surface area contributed by atoms with Crippen molar-refractivity contribution in [2.24, 2.45) is 0 Å². The van der Waals surface area contributed by atoms with E-state index in [2.05, 4.69) is 31.5 Å². The summed E-state index contributed by atoms with van der Waals surface area (Å²) in [7, 11) is -2.26. The number of hydrogen-bond acceptors (Lipinski definition) is 5. The standard InChI is InChI=1S/C11H15BrN4O3S/c1-13-11(17)10-7-14-2-3-16(10)20(18,19)9-4-8(12)5-15-6-9/h4-6,10,14H,2-3,7H2,1H3,(H,13,17). The molecule has 1 aliphatic rings. The zero-order valence-corrected chi connectivity index (χ0v) is 13.2. The van der Waals surface area contributed by atoms with Crippen LogP contribution >= 0.6 is 15.9 Å². The van der Waals surface area contributed by atoms with Crippen molar-refractivity contribution in [3.05, 3.63) is 22.9 Å². The minimum atomic E-state index is -3.75. The molecule has 1 aromatic heterocycles. The lowest BCUT2D eigenvalue weighted by Gasteiger charge is -2.33. The van der Waals surface area contributed by atoms with Crippen LogP contribution in [-0.2, 0) is 14.8 Å². The second-order valence-electron chi connectivity index (χ2n) is 4.29. The second-order valence-corrected chi connectivity index (χ2v) is 7.10. The van der Waals surface area contributed by atoms with Crippen LogP contribution in [0.1, 0.15) is 0 Å². The van der Waals surface area contributed by atoms with Crippen LogP contribution in [0.15, 0.2) is 27.8 Å². The van der Waals surface area contributed by atoms with Gasteiger partial charge in [0.1, 0.15) is 10.9 Å². The van der Waals surface area contributed by atoms with E-state index in [0.717, 1.165) is 0 Å². The van der Waals surface area contributed by atoms with Gasteiger partial charge in [-0.05, 0) is 22.0 Å². The minimum Gasteiger partial charge on any atom is -0.358 e. The molecule has 0 aliphatic carbocycles. The maximum atomic E-state index is 12.6. The maximum absolute atomic E-state index is 12.6. The van der Waals surface area contributed by atoms with Crippen LogP contribution in [-0.4, -0.2) is 56.3 Å². The monoisotopic (exact) mass is 362 g/mol. The van der Waals surface area contributed by atoms with Gasteiger partial charge in [-0.25, -0.2) is 8.42 Å². The Hall–Kier alpha value is -1.03. The van der Waals surface area contributed by atoms with Gasteiger partial charge in [0, 0.05) is 43.5 Å². The van der Waals surface area contributed by atoms with Crippen LogP contribution in [0.3, 0.4) is 0 Å². The first kappa shape index (κ1) is 15.4. The van der Waals surface area contributed by atoms with E-state index in [1.54, 1.807) is 0 Å². The van der Waals surface area contributed by atoms with E-state index in [4.69, 9.17) is 0 Å². The predicted octanol–water partition coefficient (Wildman–Crippen LogP) is -0.447. The lowest BCUT2D eigenvalue weighted by atomic mass is 10.2. The Morgan fingerprint density at radius 3 is 2.95 bits per heavy atom. The Kier molecular flexibility index (Phi) is 4.74. The highest BCUT2D eigenvalue weighted by Crippen LogP contribution is 2.21. The first-order valence-electron chi connectivity index (χ1n) is 6.01. The second kappa shape index (κ2) is 6.17. The molecule has 2 N–H and O–H groups in total. The Balaban J connectivity index is 2.38. The molecule has 7 nitrogen and oxygen atoms in total. The van der Waals surface area contributed by atoms with Crippen molar-refractivity contribution >= 4 is 31.9 Å². The maximum Gasteiger partial charge on any atom is 0.245 e. The smallest absolute Gasteiger partial charge is 0.245 e. The van der Waals surface area contributed by atoms with Gasteiger partial charge in [0.25, 0.3) is 0 Å². The Bertz CT molecular complexity index is 607. The molecule has 0 saturated carbocycles. The molecule has 1 unspecified atom stereocenters. The fourth-order valence-corrected chi connectivity index (χ4v) is 4.13. The van der Waals surface area contributed by atoms with E-state index >= 15 is 0 Å². The number of pyridine rings is 1. The lowest BCUT2D eigenvalue weighted by molar-refractivity contribution is -0.124. The highest BCUT2D eigenvalue weighted by molar-refractivity contribution is 9.10. The van der Waals surface area contributed by atoms with Crippen LogP contribution < -0.4 is 10.6 Å². The molecule has 1 atom stereocenters. The third kappa shape index (κ3) is 3.00. The van der Waals surface area contributed by atoms with Crippen molar-refractivity contribution in [2.45, 2.75) is 10.9 Å². The number of hydrogen-bond donors (Lipinski definition) is 2. The number of carbonyl (C=O) groups excluding carboxylic acids is 1. The van der Waals surface area contributed by atoms with Crippen LogP contribution in [0, 0.1) is 0 Å². The summed E-state index contributed by atoms with van der Waals surface area (Å²) < 4.78 is 27.0. The Labute approximate surface area is 125 Å². The summed E-state index contributed by atoms with van der Waals surface area (Å²) in [6, 6.07) is 0.725. The molecule has 9 heteroatoms. The van der Waals surface area contributed by atoms with E-state index in [9.17, 15) is 13.2 Å². The molecule has 0 aromatic carbocycles. The summed E-state index contributed by atoms with van der Waals surface area (Å²) in [4.78, 5) is 15.8. The van der Waals surface area contributed by atoms with Gasteiger partial charge in [0.2, 0.25) is 15.9 Å². The minimum absolute atomic E-state index is 0.0719. The summed E-state index contributed by atoms with van der Waals surface area (Å²) in [5.74, 6) is -0.330. The molecule has 0 bridgehead atoms. The quantitative estimate of drug-likeness (QED) is 0.759. The van der Waals surface area contributed by atoms with Crippen LogP contribution in [0.4, 0.5) is 0 Å². The number of nitrogens with zero attached hydrogens (tertiary/aromatic N) is 2. The topological polar surface area (TPSA) is 91.4 Å². The number of carbonyl (C=O) groups is 1. The van der Waals surface area contributed by atoms with Crippen molar-refractivity contribution < 1.29 is 13.2 Å². The molecule has 1 fully saturated rings. The van der Waals surface area contributed by atoms with Gasteiger partial charge in [-0.15, -0.1) is 0 Å². The lowest BCUT2D eigenvalue weighted by Crippen LogP contribution is -2.59. The van der Waals surface area contributed by atoms with Gasteiger partial charge in [0.15, 0.2) is 0 Å². The molecule has 2 rings (SSSR count). The third-order valence-corrected chi connectivity index (χ3v) is 5.34. The predicted molar refractivity (Wildman–Crippen MR) is 76.6 cm³/mol. The molecule has 0 radical (unpaired) electrons. The van der Waals surface area contributed by atoms with Crippen molar-refractivity contribution in [2.75, 3.05) is 26.7 Å². The zero-order chi connectivity index (χ0) is 14.8. The summed E-state index contributed by atoms with van der Waals surface area (Å²) in [5.41, 5.74) is 0. The number of rotatable bonds is 3. The van der Waals surface area contributed by atoms with Crippen LogP contribution in [0.25, 0.3) is 0 Å². The number of likely N-dealkylation sites (N-methyl/N-ethyl adjacent to an activating group) is 1. The number of nitrogens with one attached hydrogen (secondary N) is 2. The van der Waals surface area contributed by atoms with Crippen molar-refractivity contribution in [1.82, 2.24) is 19.9 Å². The van der Waals surface area contributed by atoms with Crippen LogP contribution in [0.5, 0.6) is 0 Å². The Morgan fingerprint density at radius 2 is 2.30 bits per heavy atom. The summed E-state index contributed by atoms with van der Waals surface area (Å²) in [6.07, 6.45) is 2.79. The summed E-state index contributed by atoms with van der Waals surface area (Å²) in [6.45, 7) is 1.04. The van der Waals surface area contributed by atoms with E-state index in [0.29, 0.717) is 17.6 Å². The average Bonchev–Trinajstić information content (AvgIpc) is 2.46. The van der Waals surface area contributed by atoms with Gasteiger partial charge >= 0.3 is 0 Å². The van der Waals surface area contributed by atoms with E-state index in [1.807, 2.05) is 0 Å². The number of amides is 1. The van der Waals surface area contributed by atoms with Gasteiger partial charge in [-0.2, -0.15) is 4.31 Å². The summed E-state index contributed by atoms with van der Waals surface area (Å²) >= 11 is 3.20. The van der Waals surface area contributed by atoms with Gasteiger partial charge in [-0.3, -0.25) is 9.78 Å². The zero-order valence-electron chi connectivity index (χ0n) is 10.8. The first-order valence-corrected chi connectivity index (χ1v) is 8.25. The van der Waals surface area contributed by atoms with Crippen LogP contribution in [0.2, 0.25) is 0 Å². The number of halogens is 1. The average molecular weight is 363 g/mol. The third-order valence-electron chi connectivity index (χ3n) is 3.03. The largest absolute Gasteiger partial charge is 0.358 e. The van der Waals surface area contributed by atoms with E-state index in [-0.39, 0.29) is 17.3 Å². The van der Waals surface area contributed by atoms with E-state index in [1.165, 1.54) is 29.8 Å². The number of aromatic nitrogens is 1. The fraction of sp³-hybridized carbons (Fsp3) is 0.455. The molecule has 2 heterocycles. The number of piperazine rings is 1. The first-order chi connectivity index (χ1) is 9.46. The highest BCUT2D eigenvalue weighted by Gasteiger charge is 2.37. The molecular formula is C11H15BrN4O3S. The van der Waals surface area contributed by atoms with Crippen molar-refractivity contribution in [1.29, 1.82) is 0 Å². The normalized spacial score (nSPS) is 20.6. The molecular weight excluding hydrogens is 348 g/mol. The van der Waals surface area contributed by atoms with E-state index < -0.39 is 16.1 Å². The van der Waals surface area contributed by atoms with Gasteiger partial charge in [0.05, 0.1) is 0 Å². The van der Waals surface area contributed by atoms with Gasteiger partial charge in [-0.1, -0.05) is 0 Å². The van der Waals surface area contributed by atoms with Crippen molar-refractivity contribution in [3.63, 3.8) is 0 Å². The van der Waals surface area contributed by atoms with Crippen molar-refractivity contribution in [3.8, 4) is 0 Å². The highest BCUT2D eigenvalue weighted by atomic mass is 79.9. The molecule has 1 saturated heterocycles. The molecule has 1 amide bonds. The number of sulfonamides is 1. The molecule has 1 aliphatic heterocycles. The molecule has 0 spiro atoms.